The molecule has 3 heterocycles. The molecular weight excluding hydrogens is 371 g/mol. The number of pyridine rings is 1. The predicted octanol–water partition coefficient (Wildman–Crippen LogP) is 3.70. The van der Waals surface area contributed by atoms with Crippen LogP contribution in [0.3, 0.4) is 0 Å². The van der Waals surface area contributed by atoms with Crippen molar-refractivity contribution in [3.63, 3.8) is 0 Å². The van der Waals surface area contributed by atoms with Crippen LogP contribution < -0.4 is 5.56 Å². The Morgan fingerprint density at radius 3 is 2.77 bits per heavy atom. The fourth-order valence-corrected chi connectivity index (χ4v) is 3.55. The van der Waals surface area contributed by atoms with Crippen LogP contribution in [0, 0.1) is 0 Å². The smallest absolute Gasteiger partial charge is 0.254 e. The first kappa shape index (κ1) is 17.2. The van der Waals surface area contributed by atoms with Gasteiger partial charge < -0.3 is 4.98 Å². The SMILES string of the molecule is O=c1[nH]c(-c2ccncc2)nc2c1CCN(Cc1cc(Cl)ccc1Cl)C2. The molecule has 0 fully saturated rings. The monoisotopic (exact) mass is 386 g/mol. The molecule has 26 heavy (non-hydrogen) atoms. The lowest BCUT2D eigenvalue weighted by atomic mass is 10.0. The summed E-state index contributed by atoms with van der Waals surface area (Å²) in [6.45, 7) is 2.04. The number of benzene rings is 1. The van der Waals surface area contributed by atoms with Crippen LogP contribution in [0.5, 0.6) is 0 Å². The van der Waals surface area contributed by atoms with Crippen molar-refractivity contribution >= 4 is 23.2 Å². The molecule has 132 valence electrons. The molecule has 0 aliphatic carbocycles. The molecule has 7 heteroatoms. The lowest BCUT2D eigenvalue weighted by Gasteiger charge is -2.28. The Balaban J connectivity index is 1.62. The average Bonchev–Trinajstić information content (AvgIpc) is 2.65. The van der Waals surface area contributed by atoms with E-state index >= 15 is 0 Å². The summed E-state index contributed by atoms with van der Waals surface area (Å²) in [6.07, 6.45) is 4.02. The minimum atomic E-state index is -0.0674. The van der Waals surface area contributed by atoms with E-state index in [1.807, 2.05) is 24.3 Å². The molecule has 0 atom stereocenters. The normalized spacial score (nSPS) is 14.2. The summed E-state index contributed by atoms with van der Waals surface area (Å²) >= 11 is 12.4. The highest BCUT2D eigenvalue weighted by Crippen LogP contribution is 2.25. The number of nitrogens with zero attached hydrogens (tertiary/aromatic N) is 3. The van der Waals surface area contributed by atoms with Crippen molar-refractivity contribution in [3.05, 3.63) is 79.9 Å². The van der Waals surface area contributed by atoms with Crippen LogP contribution in [0.15, 0.2) is 47.5 Å². The number of aromatic amines is 1. The van der Waals surface area contributed by atoms with Gasteiger partial charge in [-0.25, -0.2) is 4.98 Å². The summed E-state index contributed by atoms with van der Waals surface area (Å²) in [5.41, 5.74) is 3.32. The Hall–Kier alpha value is -2.21. The predicted molar refractivity (Wildman–Crippen MR) is 102 cm³/mol. The van der Waals surface area contributed by atoms with Gasteiger partial charge in [-0.1, -0.05) is 23.2 Å². The zero-order valence-electron chi connectivity index (χ0n) is 13.9. The Bertz CT molecular complexity index is 1000. The molecule has 3 aromatic rings. The first-order valence-corrected chi connectivity index (χ1v) is 9.04. The minimum Gasteiger partial charge on any atom is -0.306 e. The first-order chi connectivity index (χ1) is 12.6. The van der Waals surface area contributed by atoms with Crippen LogP contribution in [-0.2, 0) is 19.5 Å². The van der Waals surface area contributed by atoms with Crippen molar-refractivity contribution in [3.8, 4) is 11.4 Å². The van der Waals surface area contributed by atoms with Gasteiger partial charge in [-0.2, -0.15) is 0 Å². The number of hydrogen-bond donors (Lipinski definition) is 1. The molecule has 0 saturated heterocycles. The van der Waals surface area contributed by atoms with Gasteiger partial charge in [-0.05, 0) is 42.3 Å². The standard InChI is InChI=1S/C19H16Cl2N4O/c20-14-1-2-16(21)13(9-14)10-25-8-5-15-17(11-25)23-18(24-19(15)26)12-3-6-22-7-4-12/h1-4,6-7,9H,5,8,10-11H2,(H,23,24,26). The van der Waals surface area contributed by atoms with Gasteiger partial charge in [0.15, 0.2) is 0 Å². The first-order valence-electron chi connectivity index (χ1n) is 8.29. The molecule has 0 amide bonds. The number of rotatable bonds is 3. The molecule has 1 N–H and O–H groups in total. The summed E-state index contributed by atoms with van der Waals surface area (Å²) in [7, 11) is 0. The van der Waals surface area contributed by atoms with Gasteiger partial charge in [0.25, 0.3) is 5.56 Å². The number of hydrogen-bond acceptors (Lipinski definition) is 4. The van der Waals surface area contributed by atoms with E-state index in [1.165, 1.54) is 0 Å². The fourth-order valence-electron chi connectivity index (χ4n) is 3.18. The average molecular weight is 387 g/mol. The Morgan fingerprint density at radius 2 is 1.96 bits per heavy atom. The number of aromatic nitrogens is 3. The van der Waals surface area contributed by atoms with E-state index in [0.29, 0.717) is 35.4 Å². The quantitative estimate of drug-likeness (QED) is 0.745. The van der Waals surface area contributed by atoms with E-state index in [4.69, 9.17) is 28.2 Å². The van der Waals surface area contributed by atoms with Gasteiger partial charge in [-0.15, -0.1) is 0 Å². The van der Waals surface area contributed by atoms with Crippen molar-refractivity contribution in [2.45, 2.75) is 19.5 Å². The molecule has 0 bridgehead atoms. The maximum Gasteiger partial charge on any atom is 0.254 e. The van der Waals surface area contributed by atoms with Crippen LogP contribution in [0.1, 0.15) is 16.8 Å². The zero-order chi connectivity index (χ0) is 18.1. The molecule has 2 aromatic heterocycles. The van der Waals surface area contributed by atoms with Gasteiger partial charge in [0.1, 0.15) is 5.82 Å². The van der Waals surface area contributed by atoms with Crippen molar-refractivity contribution in [1.29, 1.82) is 0 Å². The third-order valence-corrected chi connectivity index (χ3v) is 5.11. The van der Waals surface area contributed by atoms with Crippen LogP contribution >= 0.6 is 23.2 Å². The van der Waals surface area contributed by atoms with E-state index in [0.717, 1.165) is 28.9 Å². The highest BCUT2D eigenvalue weighted by Gasteiger charge is 2.22. The number of halogens is 2. The topological polar surface area (TPSA) is 61.9 Å². The third-order valence-electron chi connectivity index (χ3n) is 4.51. The number of nitrogens with one attached hydrogen (secondary N) is 1. The summed E-state index contributed by atoms with van der Waals surface area (Å²) in [5.74, 6) is 0.568. The fraction of sp³-hybridized carbons (Fsp3) is 0.211. The van der Waals surface area contributed by atoms with Gasteiger partial charge >= 0.3 is 0 Å². The largest absolute Gasteiger partial charge is 0.306 e. The van der Waals surface area contributed by atoms with E-state index in [2.05, 4.69) is 14.9 Å². The molecule has 1 aliphatic rings. The summed E-state index contributed by atoms with van der Waals surface area (Å²) in [5, 5.41) is 1.35. The zero-order valence-corrected chi connectivity index (χ0v) is 15.4. The second kappa shape index (κ2) is 7.19. The second-order valence-electron chi connectivity index (χ2n) is 6.27. The third kappa shape index (κ3) is 3.51. The summed E-state index contributed by atoms with van der Waals surface area (Å²) < 4.78 is 0. The van der Waals surface area contributed by atoms with Crippen molar-refractivity contribution < 1.29 is 0 Å². The van der Waals surface area contributed by atoms with Crippen molar-refractivity contribution in [2.24, 2.45) is 0 Å². The Morgan fingerprint density at radius 1 is 1.15 bits per heavy atom. The molecular formula is C19H16Cl2N4O. The molecule has 0 spiro atoms. The van der Waals surface area contributed by atoms with Crippen molar-refractivity contribution in [2.75, 3.05) is 6.54 Å². The van der Waals surface area contributed by atoms with E-state index in [9.17, 15) is 4.79 Å². The van der Waals surface area contributed by atoms with Crippen LogP contribution in [0.2, 0.25) is 10.0 Å². The number of H-pyrrole nitrogens is 1. The van der Waals surface area contributed by atoms with Crippen LogP contribution in [0.4, 0.5) is 0 Å². The molecule has 0 radical (unpaired) electrons. The summed E-state index contributed by atoms with van der Waals surface area (Å²) in [6, 6.07) is 9.13. The van der Waals surface area contributed by atoms with Crippen LogP contribution in [0.25, 0.3) is 11.4 Å². The Labute approximate surface area is 160 Å². The van der Waals surface area contributed by atoms with Crippen LogP contribution in [-0.4, -0.2) is 26.4 Å². The highest BCUT2D eigenvalue weighted by atomic mass is 35.5. The molecule has 5 nitrogen and oxygen atoms in total. The lowest BCUT2D eigenvalue weighted by Crippen LogP contribution is -2.35. The second-order valence-corrected chi connectivity index (χ2v) is 7.12. The van der Waals surface area contributed by atoms with E-state index < -0.39 is 0 Å². The maximum atomic E-state index is 12.5. The lowest BCUT2D eigenvalue weighted by molar-refractivity contribution is 0.240. The molecule has 0 unspecified atom stereocenters. The number of fused-ring (bicyclic) bond motifs is 1. The van der Waals surface area contributed by atoms with Gasteiger partial charge in [0, 0.05) is 53.2 Å². The van der Waals surface area contributed by atoms with Gasteiger partial charge in [-0.3, -0.25) is 14.7 Å². The molecule has 1 aromatic carbocycles. The highest BCUT2D eigenvalue weighted by molar-refractivity contribution is 6.33. The molecule has 4 rings (SSSR count). The van der Waals surface area contributed by atoms with Gasteiger partial charge in [0.2, 0.25) is 0 Å². The summed E-state index contributed by atoms with van der Waals surface area (Å²) in [4.78, 5) is 26.3. The van der Waals surface area contributed by atoms with Gasteiger partial charge in [0.05, 0.1) is 5.69 Å². The Kier molecular flexibility index (Phi) is 4.76. The molecule has 1 aliphatic heterocycles. The van der Waals surface area contributed by atoms with E-state index in [-0.39, 0.29) is 5.56 Å². The molecule has 0 saturated carbocycles. The van der Waals surface area contributed by atoms with Crippen molar-refractivity contribution in [1.82, 2.24) is 19.9 Å². The maximum absolute atomic E-state index is 12.5. The van der Waals surface area contributed by atoms with E-state index in [1.54, 1.807) is 18.5 Å². The minimum absolute atomic E-state index is 0.0674.